The monoisotopic (exact) mass is 229 g/mol. The molecule has 1 aliphatic rings. The first-order valence-corrected chi connectivity index (χ1v) is 6.23. The quantitative estimate of drug-likeness (QED) is 0.790. The van der Waals surface area contributed by atoms with Crippen LogP contribution in [0.4, 0.5) is 0 Å². The number of allylic oxidation sites excluding steroid dienone is 1. The molecule has 0 bridgehead atoms. The number of carbonyl (C=O) groups excluding carboxylic acids is 1. The predicted octanol–water partition coefficient (Wildman–Crippen LogP) is 2.80. The zero-order valence-corrected chi connectivity index (χ0v) is 10.3. The van der Waals surface area contributed by atoms with Crippen LogP contribution in [0.15, 0.2) is 42.5 Å². The Morgan fingerprint density at radius 3 is 2.59 bits per heavy atom. The average molecular weight is 229 g/mol. The standard InChI is InChI=1S/C15H19NO/c1-2-7-14(17)16-12-15(10-6-11-15)13-8-4-3-5-9-13/h2-5,7-9H,6,10-12H2,1H3,(H,16,17)/b7-2+. The molecule has 0 atom stereocenters. The summed E-state index contributed by atoms with van der Waals surface area (Å²) in [5.74, 6) is 0.00899. The van der Waals surface area contributed by atoms with Gasteiger partial charge in [0.2, 0.25) is 5.91 Å². The van der Waals surface area contributed by atoms with Crippen LogP contribution in [-0.2, 0) is 10.2 Å². The Hall–Kier alpha value is -1.57. The first-order valence-electron chi connectivity index (χ1n) is 6.23. The van der Waals surface area contributed by atoms with Crippen LogP contribution in [0.1, 0.15) is 31.7 Å². The van der Waals surface area contributed by atoms with Gasteiger partial charge in [0.25, 0.3) is 0 Å². The summed E-state index contributed by atoms with van der Waals surface area (Å²) in [6, 6.07) is 10.5. The lowest BCUT2D eigenvalue weighted by Gasteiger charge is -2.42. The van der Waals surface area contributed by atoms with E-state index in [0.29, 0.717) is 0 Å². The molecule has 0 aromatic heterocycles. The summed E-state index contributed by atoms with van der Waals surface area (Å²) in [6.45, 7) is 2.61. The van der Waals surface area contributed by atoms with Crippen LogP contribution in [0.5, 0.6) is 0 Å². The molecule has 1 saturated carbocycles. The third-order valence-electron chi connectivity index (χ3n) is 3.62. The van der Waals surface area contributed by atoms with Gasteiger partial charge in [-0.2, -0.15) is 0 Å². The highest BCUT2D eigenvalue weighted by molar-refractivity contribution is 5.87. The van der Waals surface area contributed by atoms with Gasteiger partial charge in [-0.3, -0.25) is 4.79 Å². The number of hydrogen-bond donors (Lipinski definition) is 1. The summed E-state index contributed by atoms with van der Waals surface area (Å²) < 4.78 is 0. The molecule has 2 heteroatoms. The van der Waals surface area contributed by atoms with Gasteiger partial charge in [0.1, 0.15) is 0 Å². The highest BCUT2D eigenvalue weighted by Crippen LogP contribution is 2.43. The average Bonchev–Trinajstić information content (AvgIpc) is 2.29. The minimum absolute atomic E-state index is 0.00899. The fourth-order valence-corrected chi connectivity index (χ4v) is 2.43. The lowest BCUT2D eigenvalue weighted by Crippen LogP contribution is -2.45. The van der Waals surface area contributed by atoms with E-state index in [2.05, 4.69) is 29.6 Å². The van der Waals surface area contributed by atoms with E-state index in [1.165, 1.54) is 24.8 Å². The molecule has 0 aliphatic heterocycles. The first-order chi connectivity index (χ1) is 8.27. The van der Waals surface area contributed by atoms with Gasteiger partial charge in [-0.1, -0.05) is 42.8 Å². The van der Waals surface area contributed by atoms with Gasteiger partial charge in [0.05, 0.1) is 0 Å². The highest BCUT2D eigenvalue weighted by atomic mass is 16.1. The van der Waals surface area contributed by atoms with E-state index in [1.54, 1.807) is 12.2 Å². The topological polar surface area (TPSA) is 29.1 Å². The third-order valence-corrected chi connectivity index (χ3v) is 3.62. The molecule has 0 saturated heterocycles. The molecule has 1 aliphatic carbocycles. The van der Waals surface area contributed by atoms with Crippen molar-refractivity contribution in [2.45, 2.75) is 31.6 Å². The highest BCUT2D eigenvalue weighted by Gasteiger charge is 2.38. The maximum atomic E-state index is 11.5. The van der Waals surface area contributed by atoms with Gasteiger partial charge in [-0.25, -0.2) is 0 Å². The number of benzene rings is 1. The van der Waals surface area contributed by atoms with Crippen molar-refractivity contribution < 1.29 is 4.79 Å². The van der Waals surface area contributed by atoms with Crippen LogP contribution < -0.4 is 5.32 Å². The van der Waals surface area contributed by atoms with Crippen molar-refractivity contribution in [1.29, 1.82) is 0 Å². The maximum absolute atomic E-state index is 11.5. The van der Waals surface area contributed by atoms with E-state index in [-0.39, 0.29) is 11.3 Å². The molecule has 0 heterocycles. The first kappa shape index (κ1) is 11.9. The van der Waals surface area contributed by atoms with E-state index in [4.69, 9.17) is 0 Å². The lowest BCUT2D eigenvalue weighted by molar-refractivity contribution is -0.116. The second kappa shape index (κ2) is 5.17. The number of carbonyl (C=O) groups is 1. The van der Waals surface area contributed by atoms with E-state index in [1.807, 2.05) is 13.0 Å². The van der Waals surface area contributed by atoms with Crippen molar-refractivity contribution in [2.24, 2.45) is 0 Å². The van der Waals surface area contributed by atoms with E-state index < -0.39 is 0 Å². The number of nitrogens with one attached hydrogen (secondary N) is 1. The van der Waals surface area contributed by atoms with Gasteiger partial charge in [-0.15, -0.1) is 0 Å². The minimum Gasteiger partial charge on any atom is -0.352 e. The van der Waals surface area contributed by atoms with E-state index in [9.17, 15) is 4.79 Å². The molecule has 17 heavy (non-hydrogen) atoms. The van der Waals surface area contributed by atoms with Crippen molar-refractivity contribution in [1.82, 2.24) is 5.32 Å². The second-order valence-corrected chi connectivity index (χ2v) is 4.72. The molecule has 1 fully saturated rings. The molecule has 90 valence electrons. The summed E-state index contributed by atoms with van der Waals surface area (Å²) >= 11 is 0. The Morgan fingerprint density at radius 2 is 2.06 bits per heavy atom. The fraction of sp³-hybridized carbons (Fsp3) is 0.400. The zero-order chi connectivity index (χ0) is 12.1. The van der Waals surface area contributed by atoms with Crippen molar-refractivity contribution in [3.05, 3.63) is 48.0 Å². The number of hydrogen-bond acceptors (Lipinski definition) is 1. The SMILES string of the molecule is C/C=C/C(=O)NCC1(c2ccccc2)CCC1. The number of amides is 1. The molecule has 0 unspecified atom stereocenters. The smallest absolute Gasteiger partial charge is 0.243 e. The molecule has 1 N–H and O–H groups in total. The Labute approximate surface area is 103 Å². The number of rotatable bonds is 4. The molecule has 1 aromatic carbocycles. The van der Waals surface area contributed by atoms with Crippen LogP contribution in [0.3, 0.4) is 0 Å². The van der Waals surface area contributed by atoms with E-state index in [0.717, 1.165) is 6.54 Å². The largest absolute Gasteiger partial charge is 0.352 e. The molecule has 1 amide bonds. The Bertz CT molecular complexity index is 404. The molecule has 0 spiro atoms. The maximum Gasteiger partial charge on any atom is 0.243 e. The molecule has 1 aromatic rings. The molecule has 0 radical (unpaired) electrons. The molecule has 2 rings (SSSR count). The Balaban J connectivity index is 2.03. The van der Waals surface area contributed by atoms with Gasteiger partial charge in [0.15, 0.2) is 0 Å². The van der Waals surface area contributed by atoms with Crippen LogP contribution in [0, 0.1) is 0 Å². The van der Waals surface area contributed by atoms with Crippen molar-refractivity contribution in [3.63, 3.8) is 0 Å². The Kier molecular flexibility index (Phi) is 3.62. The van der Waals surface area contributed by atoms with Crippen LogP contribution >= 0.6 is 0 Å². The normalized spacial score (nSPS) is 17.7. The molecular weight excluding hydrogens is 210 g/mol. The zero-order valence-electron chi connectivity index (χ0n) is 10.3. The van der Waals surface area contributed by atoms with Gasteiger partial charge in [-0.05, 0) is 31.4 Å². The van der Waals surface area contributed by atoms with E-state index >= 15 is 0 Å². The summed E-state index contributed by atoms with van der Waals surface area (Å²) in [4.78, 5) is 11.5. The third kappa shape index (κ3) is 2.57. The van der Waals surface area contributed by atoms with Crippen molar-refractivity contribution in [2.75, 3.05) is 6.54 Å². The molecular formula is C15H19NO. The summed E-state index contributed by atoms with van der Waals surface area (Å²) in [6.07, 6.45) is 6.96. The predicted molar refractivity (Wildman–Crippen MR) is 69.8 cm³/mol. The minimum atomic E-state index is 0.00899. The second-order valence-electron chi connectivity index (χ2n) is 4.72. The van der Waals surface area contributed by atoms with Crippen molar-refractivity contribution in [3.8, 4) is 0 Å². The summed E-state index contributed by atoms with van der Waals surface area (Å²) in [5, 5.41) is 3.00. The van der Waals surface area contributed by atoms with Gasteiger partial charge in [0, 0.05) is 12.0 Å². The fourth-order valence-electron chi connectivity index (χ4n) is 2.43. The summed E-state index contributed by atoms with van der Waals surface area (Å²) in [7, 11) is 0. The Morgan fingerprint density at radius 1 is 1.35 bits per heavy atom. The van der Waals surface area contributed by atoms with Crippen molar-refractivity contribution >= 4 is 5.91 Å². The van der Waals surface area contributed by atoms with Crippen LogP contribution in [-0.4, -0.2) is 12.5 Å². The lowest BCUT2D eigenvalue weighted by atomic mass is 9.64. The molecule has 2 nitrogen and oxygen atoms in total. The summed E-state index contributed by atoms with van der Waals surface area (Å²) in [5.41, 5.74) is 1.53. The van der Waals surface area contributed by atoms with Crippen LogP contribution in [0.2, 0.25) is 0 Å². The van der Waals surface area contributed by atoms with Crippen LogP contribution in [0.25, 0.3) is 0 Å². The van der Waals surface area contributed by atoms with Gasteiger partial charge < -0.3 is 5.32 Å². The van der Waals surface area contributed by atoms with Gasteiger partial charge >= 0.3 is 0 Å².